The van der Waals surface area contributed by atoms with Crippen molar-refractivity contribution >= 4 is 12.7 Å². The van der Waals surface area contributed by atoms with Crippen LogP contribution >= 0.6 is 0 Å². The summed E-state index contributed by atoms with van der Waals surface area (Å²) in [5.74, 6) is 3.51. The maximum absolute atomic E-state index is 11.5. The summed E-state index contributed by atoms with van der Waals surface area (Å²) in [6.45, 7) is 18.5. The molecule has 0 saturated heterocycles. The van der Waals surface area contributed by atoms with Crippen LogP contribution in [-0.4, -0.2) is 19.3 Å². The van der Waals surface area contributed by atoms with Crippen LogP contribution < -0.4 is 0 Å². The third kappa shape index (κ3) is 5.42. The summed E-state index contributed by atoms with van der Waals surface area (Å²) in [4.78, 5) is 11.5. The molecule has 0 saturated carbocycles. The molecule has 0 radical (unpaired) electrons. The van der Waals surface area contributed by atoms with Crippen molar-refractivity contribution in [2.24, 2.45) is 11.8 Å². The Hall–Kier alpha value is -0.725. The first kappa shape index (κ1) is 18.3. The van der Waals surface area contributed by atoms with E-state index in [1.807, 2.05) is 6.92 Å². The Morgan fingerprint density at radius 3 is 2.11 bits per heavy atom. The van der Waals surface area contributed by atoms with Gasteiger partial charge in [-0.3, -0.25) is 0 Å². The number of ether oxygens (including phenoxy) is 1. The van der Waals surface area contributed by atoms with Gasteiger partial charge in [0.2, 0.25) is 0 Å². The number of esters is 1. The molecule has 0 heterocycles. The van der Waals surface area contributed by atoms with Crippen LogP contribution in [0.2, 0.25) is 11.1 Å². The van der Waals surface area contributed by atoms with Crippen molar-refractivity contribution in [2.75, 3.05) is 6.61 Å². The van der Waals surface area contributed by atoms with Gasteiger partial charge in [0.1, 0.15) is 0 Å². The lowest BCUT2D eigenvalue weighted by molar-refractivity contribution is -0.137. The highest BCUT2D eigenvalue weighted by Gasteiger charge is 2.38. The third-order valence-electron chi connectivity index (χ3n) is 4.69. The zero-order valence-electron chi connectivity index (χ0n) is 14.0. The van der Waals surface area contributed by atoms with Crippen molar-refractivity contribution in [1.29, 1.82) is 0 Å². The number of rotatable bonds is 7. The van der Waals surface area contributed by atoms with E-state index in [0.29, 0.717) is 31.0 Å². The Morgan fingerprint density at radius 2 is 1.74 bits per heavy atom. The van der Waals surface area contributed by atoms with E-state index >= 15 is 0 Å². The first-order valence-electron chi connectivity index (χ1n) is 7.49. The minimum absolute atomic E-state index is 0.159. The summed E-state index contributed by atoms with van der Waals surface area (Å²) in [6.07, 6.45) is 1.61. The normalized spacial score (nSPS) is 14.2. The highest BCUT2D eigenvalue weighted by atomic mass is 16.5. The van der Waals surface area contributed by atoms with Crippen LogP contribution in [0.15, 0.2) is 12.1 Å². The van der Waals surface area contributed by atoms with Crippen molar-refractivity contribution < 1.29 is 9.53 Å². The van der Waals surface area contributed by atoms with Crippen LogP contribution in [-0.2, 0) is 9.53 Å². The van der Waals surface area contributed by atoms with Crippen LogP contribution in [0.25, 0.3) is 0 Å². The molecule has 0 aromatic carbocycles. The van der Waals surface area contributed by atoms with Crippen LogP contribution in [0.1, 0.15) is 55.4 Å². The van der Waals surface area contributed by atoms with Gasteiger partial charge in [-0.05, 0) is 18.2 Å². The van der Waals surface area contributed by atoms with Gasteiger partial charge in [0, 0.05) is 6.08 Å². The summed E-state index contributed by atoms with van der Waals surface area (Å²) in [6, 6.07) is 0. The lowest BCUT2D eigenvalue weighted by atomic mass is 9.25. The summed E-state index contributed by atoms with van der Waals surface area (Å²) < 4.78 is 4.98. The molecular formula is C16H31BO2. The Bertz CT molecular complexity index is 306. The summed E-state index contributed by atoms with van der Waals surface area (Å²) in [5, 5.41) is 0.159. The molecule has 0 aromatic rings. The van der Waals surface area contributed by atoms with E-state index in [2.05, 4.69) is 54.4 Å². The topological polar surface area (TPSA) is 26.3 Å². The van der Waals surface area contributed by atoms with Gasteiger partial charge in [0.25, 0.3) is 0 Å². The second-order valence-electron chi connectivity index (χ2n) is 6.72. The molecule has 0 aliphatic rings. The first-order chi connectivity index (χ1) is 8.64. The van der Waals surface area contributed by atoms with E-state index in [-0.39, 0.29) is 11.3 Å². The largest absolute Gasteiger partial charge is 0.463 e. The Kier molecular flexibility index (Phi) is 7.47. The van der Waals surface area contributed by atoms with Crippen molar-refractivity contribution in [3.63, 3.8) is 0 Å². The maximum atomic E-state index is 11.5. The fourth-order valence-electron chi connectivity index (χ4n) is 2.27. The Morgan fingerprint density at radius 1 is 1.21 bits per heavy atom. The molecule has 3 heteroatoms. The van der Waals surface area contributed by atoms with Gasteiger partial charge >= 0.3 is 5.97 Å². The summed E-state index contributed by atoms with van der Waals surface area (Å²) >= 11 is 0. The van der Waals surface area contributed by atoms with Gasteiger partial charge in [-0.1, -0.05) is 60.2 Å². The number of carbonyl (C=O) groups is 1. The predicted molar refractivity (Wildman–Crippen MR) is 84.7 cm³/mol. The second kappa shape index (κ2) is 7.76. The van der Waals surface area contributed by atoms with Gasteiger partial charge in [-0.25, -0.2) is 4.79 Å². The van der Waals surface area contributed by atoms with Crippen LogP contribution in [0.3, 0.4) is 0 Å². The smallest absolute Gasteiger partial charge is 0.329 e. The van der Waals surface area contributed by atoms with Crippen molar-refractivity contribution in [3.8, 4) is 0 Å². The van der Waals surface area contributed by atoms with Crippen LogP contribution in [0.4, 0.5) is 0 Å². The highest BCUT2D eigenvalue weighted by Crippen LogP contribution is 2.44. The minimum atomic E-state index is -0.233. The number of hydrogen-bond donors (Lipinski definition) is 0. The average molecular weight is 266 g/mol. The fourth-order valence-corrected chi connectivity index (χ4v) is 2.27. The van der Waals surface area contributed by atoms with Crippen molar-refractivity contribution in [1.82, 2.24) is 0 Å². The van der Waals surface area contributed by atoms with Crippen LogP contribution in [0, 0.1) is 11.8 Å². The Balaban J connectivity index is 5.14. The van der Waals surface area contributed by atoms with Gasteiger partial charge in [-0.2, -0.15) is 0 Å². The standard InChI is InChI=1S/C16H31BO2/c1-9-19-15(18)10-11-17(14(6)12(2)3)16(7,8)13(4)5/h10-14H,9H2,1-8H3/b11-10+. The average Bonchev–Trinajstić information content (AvgIpc) is 2.28. The lowest BCUT2D eigenvalue weighted by Gasteiger charge is -2.39. The SMILES string of the molecule is CCOC(=O)/C=C/B(C(C)C(C)C)C(C)(C)C(C)C. The molecule has 0 fully saturated rings. The molecule has 0 aliphatic carbocycles. The monoisotopic (exact) mass is 266 g/mol. The van der Waals surface area contributed by atoms with Gasteiger partial charge in [-0.15, -0.1) is 5.98 Å². The summed E-state index contributed by atoms with van der Waals surface area (Å²) in [5.41, 5.74) is 0. The fraction of sp³-hybridized carbons (Fsp3) is 0.812. The second-order valence-corrected chi connectivity index (χ2v) is 6.72. The quantitative estimate of drug-likeness (QED) is 0.382. The molecule has 1 unspecified atom stereocenters. The predicted octanol–water partition coefficient (Wildman–Crippen LogP) is 4.62. The molecule has 0 amide bonds. The van der Waals surface area contributed by atoms with E-state index in [9.17, 15) is 4.79 Å². The van der Waals surface area contributed by atoms with E-state index in [0.717, 1.165) is 0 Å². The molecule has 19 heavy (non-hydrogen) atoms. The molecule has 1 atom stereocenters. The molecule has 2 nitrogen and oxygen atoms in total. The van der Waals surface area contributed by atoms with E-state index in [1.54, 1.807) is 6.08 Å². The van der Waals surface area contributed by atoms with Gasteiger partial charge < -0.3 is 4.74 Å². The Labute approximate surface area is 120 Å². The van der Waals surface area contributed by atoms with Crippen molar-refractivity contribution in [3.05, 3.63) is 12.1 Å². The molecular weight excluding hydrogens is 235 g/mol. The van der Waals surface area contributed by atoms with Crippen LogP contribution in [0.5, 0.6) is 0 Å². The van der Waals surface area contributed by atoms with E-state index in [4.69, 9.17) is 4.74 Å². The zero-order valence-corrected chi connectivity index (χ0v) is 14.0. The third-order valence-corrected chi connectivity index (χ3v) is 4.69. The maximum Gasteiger partial charge on any atom is 0.329 e. The molecule has 0 spiro atoms. The number of hydrogen-bond acceptors (Lipinski definition) is 2. The molecule has 0 rings (SSSR count). The molecule has 0 aromatic heterocycles. The minimum Gasteiger partial charge on any atom is -0.463 e. The van der Waals surface area contributed by atoms with Crippen molar-refractivity contribution in [2.45, 2.75) is 66.5 Å². The molecule has 0 N–H and O–H groups in total. The van der Waals surface area contributed by atoms with E-state index in [1.165, 1.54) is 0 Å². The van der Waals surface area contributed by atoms with E-state index < -0.39 is 0 Å². The van der Waals surface area contributed by atoms with Gasteiger partial charge in [0.05, 0.1) is 6.61 Å². The van der Waals surface area contributed by atoms with Gasteiger partial charge in [0.15, 0.2) is 6.71 Å². The zero-order chi connectivity index (χ0) is 15.2. The summed E-state index contributed by atoms with van der Waals surface area (Å²) in [7, 11) is 0. The first-order valence-corrected chi connectivity index (χ1v) is 7.49. The molecule has 0 aliphatic heterocycles. The molecule has 110 valence electrons. The number of carbonyl (C=O) groups excluding carboxylic acids is 1. The highest BCUT2D eigenvalue weighted by molar-refractivity contribution is 6.69. The molecule has 0 bridgehead atoms. The lowest BCUT2D eigenvalue weighted by Crippen LogP contribution is -2.36.